The zero-order valence-electron chi connectivity index (χ0n) is 12.5. The average molecular weight is 300 g/mol. The van der Waals surface area contributed by atoms with Crippen LogP contribution in [-0.4, -0.2) is 46.7 Å². The Morgan fingerprint density at radius 3 is 2.75 bits per heavy atom. The highest BCUT2D eigenvalue weighted by atomic mass is 32.2. The molecule has 0 radical (unpaired) electrons. The van der Waals surface area contributed by atoms with Crippen LogP contribution in [0.2, 0.25) is 0 Å². The Hall–Kier alpha value is -0.260. The summed E-state index contributed by atoms with van der Waals surface area (Å²) in [4.78, 5) is 14.3. The van der Waals surface area contributed by atoms with Gasteiger partial charge in [-0.1, -0.05) is 19.8 Å². The van der Waals surface area contributed by atoms with Gasteiger partial charge in [-0.25, -0.2) is 0 Å². The van der Waals surface area contributed by atoms with E-state index >= 15 is 0 Å². The van der Waals surface area contributed by atoms with Gasteiger partial charge in [0.15, 0.2) is 0 Å². The molecule has 116 valence electrons. The Kier molecular flexibility index (Phi) is 6.18. The Morgan fingerprint density at radius 2 is 2.15 bits per heavy atom. The van der Waals surface area contributed by atoms with E-state index < -0.39 is 0 Å². The van der Waals surface area contributed by atoms with E-state index in [1.807, 2.05) is 4.90 Å². The molecule has 1 aliphatic heterocycles. The van der Waals surface area contributed by atoms with Gasteiger partial charge in [-0.3, -0.25) is 4.79 Å². The molecule has 3 unspecified atom stereocenters. The summed E-state index contributed by atoms with van der Waals surface area (Å²) in [6.45, 7) is 3.27. The third-order valence-electron chi connectivity index (χ3n) is 4.75. The summed E-state index contributed by atoms with van der Waals surface area (Å²) in [7, 11) is 0. The minimum atomic E-state index is -0.373. The largest absolute Gasteiger partial charge is 0.396 e. The SMILES string of the molecule is CCCC1CC(CO)CC([C@H](N)C(=O)N2CCSC2)C1. The first-order valence-corrected chi connectivity index (χ1v) is 9.04. The first kappa shape index (κ1) is 16.1. The van der Waals surface area contributed by atoms with Crippen LogP contribution in [0, 0.1) is 17.8 Å². The maximum absolute atomic E-state index is 12.4. The molecule has 0 aromatic rings. The van der Waals surface area contributed by atoms with Crippen LogP contribution in [0.5, 0.6) is 0 Å². The van der Waals surface area contributed by atoms with Crippen LogP contribution in [0.25, 0.3) is 0 Å². The summed E-state index contributed by atoms with van der Waals surface area (Å²) >= 11 is 1.80. The zero-order valence-corrected chi connectivity index (χ0v) is 13.3. The molecule has 4 atom stereocenters. The van der Waals surface area contributed by atoms with E-state index in [1.54, 1.807) is 11.8 Å². The Bertz CT molecular complexity index is 321. The summed E-state index contributed by atoms with van der Waals surface area (Å²) in [6.07, 6.45) is 5.42. The number of nitrogens with zero attached hydrogens (tertiary/aromatic N) is 1. The first-order valence-electron chi connectivity index (χ1n) is 7.88. The molecular formula is C15H28N2O2S. The lowest BCUT2D eigenvalue weighted by Crippen LogP contribution is -2.49. The van der Waals surface area contributed by atoms with Crippen molar-refractivity contribution >= 4 is 17.7 Å². The van der Waals surface area contributed by atoms with Gasteiger partial charge in [0.25, 0.3) is 0 Å². The molecule has 2 rings (SSSR count). The zero-order chi connectivity index (χ0) is 14.5. The van der Waals surface area contributed by atoms with Crippen LogP contribution in [0.3, 0.4) is 0 Å². The van der Waals surface area contributed by atoms with Crippen molar-refractivity contribution in [3.05, 3.63) is 0 Å². The van der Waals surface area contributed by atoms with E-state index in [0.29, 0.717) is 11.8 Å². The summed E-state index contributed by atoms with van der Waals surface area (Å²) in [5, 5.41) is 9.49. The minimum absolute atomic E-state index is 0.119. The average Bonchev–Trinajstić information content (AvgIpc) is 2.99. The Balaban J connectivity index is 1.95. The lowest BCUT2D eigenvalue weighted by molar-refractivity contribution is -0.133. The van der Waals surface area contributed by atoms with Crippen molar-refractivity contribution in [1.29, 1.82) is 0 Å². The van der Waals surface area contributed by atoms with Crippen molar-refractivity contribution < 1.29 is 9.90 Å². The van der Waals surface area contributed by atoms with Gasteiger partial charge >= 0.3 is 0 Å². The number of thioether (sulfide) groups is 1. The molecule has 20 heavy (non-hydrogen) atoms. The van der Waals surface area contributed by atoms with E-state index in [1.165, 1.54) is 12.8 Å². The quantitative estimate of drug-likeness (QED) is 0.810. The fourth-order valence-electron chi connectivity index (χ4n) is 3.70. The molecule has 3 N–H and O–H groups in total. The van der Waals surface area contributed by atoms with Crippen LogP contribution >= 0.6 is 11.8 Å². The van der Waals surface area contributed by atoms with Gasteiger partial charge in [0.1, 0.15) is 0 Å². The molecule has 0 aromatic carbocycles. The minimum Gasteiger partial charge on any atom is -0.396 e. The summed E-state index contributed by atoms with van der Waals surface area (Å²) in [5.74, 6) is 3.14. The van der Waals surface area contributed by atoms with Crippen molar-refractivity contribution in [3.63, 3.8) is 0 Å². The number of hydrogen-bond donors (Lipinski definition) is 2. The van der Waals surface area contributed by atoms with Crippen LogP contribution in [-0.2, 0) is 4.79 Å². The van der Waals surface area contributed by atoms with Gasteiger partial charge in [-0.05, 0) is 37.0 Å². The van der Waals surface area contributed by atoms with Gasteiger partial charge in [-0.15, -0.1) is 11.8 Å². The van der Waals surface area contributed by atoms with E-state index in [2.05, 4.69) is 6.92 Å². The molecular weight excluding hydrogens is 272 g/mol. The highest BCUT2D eigenvalue weighted by Crippen LogP contribution is 2.37. The van der Waals surface area contributed by atoms with Gasteiger partial charge in [0.05, 0.1) is 11.9 Å². The predicted octanol–water partition coefficient (Wildman–Crippen LogP) is 1.67. The standard InChI is InChI=1S/C15H28N2O2S/c1-2-3-11-6-12(9-18)8-13(7-11)14(16)15(19)17-4-5-20-10-17/h11-14,18H,2-10,16H2,1H3/t11?,12?,13?,14-/m0/s1. The van der Waals surface area contributed by atoms with Crippen molar-refractivity contribution in [2.75, 3.05) is 24.8 Å². The number of nitrogens with two attached hydrogens (primary N) is 1. The molecule has 1 saturated carbocycles. The van der Waals surface area contributed by atoms with Crippen molar-refractivity contribution in [2.45, 2.75) is 45.1 Å². The van der Waals surface area contributed by atoms with Gasteiger partial charge in [0.2, 0.25) is 5.91 Å². The molecule has 1 saturated heterocycles. The lowest BCUT2D eigenvalue weighted by atomic mass is 9.71. The van der Waals surface area contributed by atoms with Crippen LogP contribution in [0.1, 0.15) is 39.0 Å². The molecule has 4 nitrogen and oxygen atoms in total. The molecule has 0 aromatic heterocycles. The van der Waals surface area contributed by atoms with E-state index in [0.717, 1.165) is 37.4 Å². The predicted molar refractivity (Wildman–Crippen MR) is 83.3 cm³/mol. The third kappa shape index (κ3) is 3.89. The second-order valence-corrected chi connectivity index (χ2v) is 7.41. The lowest BCUT2D eigenvalue weighted by Gasteiger charge is -2.37. The normalized spacial score (nSPS) is 32.4. The maximum Gasteiger partial charge on any atom is 0.240 e. The first-order chi connectivity index (χ1) is 9.65. The van der Waals surface area contributed by atoms with Gasteiger partial charge < -0.3 is 15.7 Å². The number of rotatable bonds is 5. The summed E-state index contributed by atoms with van der Waals surface area (Å²) in [5.41, 5.74) is 6.26. The smallest absolute Gasteiger partial charge is 0.240 e. The number of carbonyl (C=O) groups is 1. The highest BCUT2D eigenvalue weighted by molar-refractivity contribution is 7.99. The summed E-state index contributed by atoms with van der Waals surface area (Å²) in [6, 6.07) is -0.373. The fraction of sp³-hybridized carbons (Fsp3) is 0.933. The molecule has 5 heteroatoms. The summed E-state index contributed by atoms with van der Waals surface area (Å²) < 4.78 is 0. The van der Waals surface area contributed by atoms with E-state index in [-0.39, 0.29) is 24.5 Å². The number of amides is 1. The van der Waals surface area contributed by atoms with Gasteiger partial charge in [-0.2, -0.15) is 0 Å². The van der Waals surface area contributed by atoms with E-state index in [9.17, 15) is 9.90 Å². The number of hydrogen-bond acceptors (Lipinski definition) is 4. The third-order valence-corrected chi connectivity index (χ3v) is 5.72. The Morgan fingerprint density at radius 1 is 1.40 bits per heavy atom. The molecule has 2 aliphatic rings. The number of aliphatic hydroxyl groups is 1. The topological polar surface area (TPSA) is 66.6 Å². The molecule has 1 aliphatic carbocycles. The Labute approximate surface area is 126 Å². The van der Waals surface area contributed by atoms with E-state index in [4.69, 9.17) is 5.73 Å². The molecule has 1 heterocycles. The van der Waals surface area contributed by atoms with Crippen molar-refractivity contribution in [3.8, 4) is 0 Å². The van der Waals surface area contributed by atoms with Crippen LogP contribution in [0.15, 0.2) is 0 Å². The van der Waals surface area contributed by atoms with Gasteiger partial charge in [0, 0.05) is 18.9 Å². The fourth-order valence-corrected chi connectivity index (χ4v) is 4.66. The molecule has 0 spiro atoms. The second-order valence-electron chi connectivity index (χ2n) is 6.34. The molecule has 1 amide bonds. The maximum atomic E-state index is 12.4. The molecule has 2 fully saturated rings. The van der Waals surface area contributed by atoms with Crippen molar-refractivity contribution in [2.24, 2.45) is 23.5 Å². The molecule has 0 bridgehead atoms. The van der Waals surface area contributed by atoms with Crippen LogP contribution in [0.4, 0.5) is 0 Å². The number of carbonyl (C=O) groups excluding carboxylic acids is 1. The highest BCUT2D eigenvalue weighted by Gasteiger charge is 2.36. The number of aliphatic hydroxyl groups excluding tert-OH is 1. The monoisotopic (exact) mass is 300 g/mol. The van der Waals surface area contributed by atoms with Crippen molar-refractivity contribution in [1.82, 2.24) is 4.90 Å². The second kappa shape index (κ2) is 7.66. The van der Waals surface area contributed by atoms with Crippen LogP contribution < -0.4 is 5.73 Å².